The van der Waals surface area contributed by atoms with Crippen LogP contribution in [0.15, 0.2) is 42.5 Å². The Kier molecular flexibility index (Phi) is 5.82. The molecule has 0 spiro atoms. The van der Waals surface area contributed by atoms with E-state index in [1.54, 1.807) is 24.1 Å². The third kappa shape index (κ3) is 4.88. The Morgan fingerprint density at radius 3 is 2.52 bits per heavy atom. The topological polar surface area (TPSA) is 78.9 Å². The van der Waals surface area contributed by atoms with Gasteiger partial charge in [-0.25, -0.2) is 0 Å². The molecule has 29 heavy (non-hydrogen) atoms. The maximum atomic E-state index is 12.7. The Balaban J connectivity index is 1.66. The highest BCUT2D eigenvalue weighted by atomic mass is 16.5. The molecule has 0 bridgehead atoms. The first-order valence-electron chi connectivity index (χ1n) is 9.72. The summed E-state index contributed by atoms with van der Waals surface area (Å²) in [7, 11) is 1.61. The quantitative estimate of drug-likeness (QED) is 0.756. The number of anilines is 1. The molecule has 1 heterocycles. The molecule has 1 saturated heterocycles. The van der Waals surface area contributed by atoms with Crippen LogP contribution in [0.3, 0.4) is 0 Å². The fraction of sp³-hybridized carbons (Fsp3) is 0.391. The summed E-state index contributed by atoms with van der Waals surface area (Å²) in [5.41, 5.74) is 2.26. The summed E-state index contributed by atoms with van der Waals surface area (Å²) >= 11 is 0. The average Bonchev–Trinajstić information content (AvgIpc) is 3.04. The van der Waals surface area contributed by atoms with Gasteiger partial charge in [-0.1, -0.05) is 39.0 Å². The third-order valence-corrected chi connectivity index (χ3v) is 5.24. The predicted octanol–water partition coefficient (Wildman–Crippen LogP) is 3.69. The molecule has 2 aromatic carbocycles. The van der Waals surface area contributed by atoms with Gasteiger partial charge in [-0.3, -0.25) is 9.59 Å². The second-order valence-corrected chi connectivity index (χ2v) is 8.49. The first-order chi connectivity index (χ1) is 13.7. The fourth-order valence-electron chi connectivity index (χ4n) is 3.39. The monoisotopic (exact) mass is 396 g/mol. The average molecular weight is 396 g/mol. The van der Waals surface area contributed by atoms with Gasteiger partial charge in [0.25, 0.3) is 0 Å². The summed E-state index contributed by atoms with van der Waals surface area (Å²) in [5.74, 6) is 0.0332. The van der Waals surface area contributed by atoms with E-state index in [0.29, 0.717) is 18.8 Å². The highest BCUT2D eigenvalue weighted by Crippen LogP contribution is 2.31. The number of benzene rings is 2. The lowest BCUT2D eigenvalue weighted by molar-refractivity contribution is -0.128. The van der Waals surface area contributed by atoms with E-state index in [1.807, 2.05) is 30.3 Å². The Labute approximate surface area is 171 Å². The van der Waals surface area contributed by atoms with Crippen LogP contribution in [0, 0.1) is 5.92 Å². The number of hydrogen-bond donors (Lipinski definition) is 2. The molecule has 0 saturated carbocycles. The molecule has 1 aliphatic rings. The van der Waals surface area contributed by atoms with Crippen LogP contribution in [0.25, 0.3) is 0 Å². The smallest absolute Gasteiger partial charge is 0.229 e. The van der Waals surface area contributed by atoms with E-state index in [2.05, 4.69) is 26.1 Å². The Morgan fingerprint density at radius 2 is 1.90 bits per heavy atom. The molecule has 0 aromatic heterocycles. The van der Waals surface area contributed by atoms with Gasteiger partial charge in [0.05, 0.1) is 18.7 Å². The third-order valence-electron chi connectivity index (χ3n) is 5.24. The first-order valence-corrected chi connectivity index (χ1v) is 9.72. The van der Waals surface area contributed by atoms with E-state index < -0.39 is 5.92 Å². The SMILES string of the molecule is COc1ccc(CN2CC(C(=O)Nc3cc(C(C)(C)C)ccc3O)CC2=O)cc1. The molecule has 6 nitrogen and oxygen atoms in total. The van der Waals surface area contributed by atoms with Crippen LogP contribution in [0.2, 0.25) is 0 Å². The summed E-state index contributed by atoms with van der Waals surface area (Å²) in [4.78, 5) is 26.8. The number of nitrogens with one attached hydrogen (secondary N) is 1. The molecule has 0 radical (unpaired) electrons. The van der Waals surface area contributed by atoms with Crippen molar-refractivity contribution in [3.05, 3.63) is 53.6 Å². The highest BCUT2D eigenvalue weighted by Gasteiger charge is 2.34. The molecule has 0 aliphatic carbocycles. The van der Waals surface area contributed by atoms with Crippen molar-refractivity contribution >= 4 is 17.5 Å². The van der Waals surface area contributed by atoms with Gasteiger partial charge in [-0.2, -0.15) is 0 Å². The van der Waals surface area contributed by atoms with Gasteiger partial charge < -0.3 is 20.1 Å². The van der Waals surface area contributed by atoms with Crippen LogP contribution in [-0.4, -0.2) is 35.5 Å². The van der Waals surface area contributed by atoms with E-state index in [-0.39, 0.29) is 29.4 Å². The number of phenols is 1. The number of carbonyl (C=O) groups excluding carboxylic acids is 2. The minimum atomic E-state index is -0.446. The molecule has 154 valence electrons. The van der Waals surface area contributed by atoms with E-state index >= 15 is 0 Å². The number of methoxy groups -OCH3 is 1. The normalized spacial score (nSPS) is 16.8. The lowest BCUT2D eigenvalue weighted by atomic mass is 9.87. The largest absolute Gasteiger partial charge is 0.506 e. The second-order valence-electron chi connectivity index (χ2n) is 8.49. The van der Waals surface area contributed by atoms with E-state index in [1.165, 1.54) is 0 Å². The number of aromatic hydroxyl groups is 1. The van der Waals surface area contributed by atoms with Gasteiger partial charge in [0.2, 0.25) is 11.8 Å². The number of hydrogen-bond acceptors (Lipinski definition) is 4. The number of rotatable bonds is 5. The van der Waals surface area contributed by atoms with Crippen molar-refractivity contribution in [1.82, 2.24) is 4.90 Å². The lowest BCUT2D eigenvalue weighted by Gasteiger charge is -2.21. The van der Waals surface area contributed by atoms with E-state index in [9.17, 15) is 14.7 Å². The molecule has 1 aliphatic heterocycles. The summed E-state index contributed by atoms with van der Waals surface area (Å²) in [6.45, 7) is 7.01. The van der Waals surface area contributed by atoms with Gasteiger partial charge in [0.1, 0.15) is 11.5 Å². The van der Waals surface area contributed by atoms with E-state index in [0.717, 1.165) is 16.9 Å². The van der Waals surface area contributed by atoms with Crippen molar-refractivity contribution in [2.24, 2.45) is 5.92 Å². The molecule has 1 fully saturated rings. The summed E-state index contributed by atoms with van der Waals surface area (Å²) in [5, 5.41) is 12.9. The summed E-state index contributed by atoms with van der Waals surface area (Å²) in [6, 6.07) is 12.8. The Hall–Kier alpha value is -3.02. The zero-order valence-corrected chi connectivity index (χ0v) is 17.4. The van der Waals surface area contributed by atoms with Crippen LogP contribution in [-0.2, 0) is 21.5 Å². The zero-order chi connectivity index (χ0) is 21.2. The maximum Gasteiger partial charge on any atom is 0.229 e. The van der Waals surface area contributed by atoms with Gasteiger partial charge in [-0.15, -0.1) is 0 Å². The molecule has 1 unspecified atom stereocenters. The van der Waals surface area contributed by atoms with Crippen molar-refractivity contribution in [3.63, 3.8) is 0 Å². The number of phenolic OH excluding ortho intramolecular Hbond substituents is 1. The molecule has 2 aromatic rings. The molecule has 2 N–H and O–H groups in total. The first kappa shape index (κ1) is 20.7. The van der Waals surface area contributed by atoms with E-state index in [4.69, 9.17) is 4.74 Å². The van der Waals surface area contributed by atoms with Crippen molar-refractivity contribution in [3.8, 4) is 11.5 Å². The predicted molar refractivity (Wildman–Crippen MR) is 112 cm³/mol. The zero-order valence-electron chi connectivity index (χ0n) is 17.4. The molecule has 6 heteroatoms. The van der Waals surface area contributed by atoms with Crippen LogP contribution >= 0.6 is 0 Å². The standard InChI is InChI=1S/C23H28N2O4/c1-23(2,3)17-7-10-20(26)19(12-17)24-22(28)16-11-21(27)25(14-16)13-15-5-8-18(29-4)9-6-15/h5-10,12,16,26H,11,13-14H2,1-4H3,(H,24,28). The molecular formula is C23H28N2O4. The van der Waals surface area contributed by atoms with Gasteiger partial charge in [-0.05, 0) is 40.8 Å². The number of carbonyl (C=O) groups is 2. The minimum absolute atomic E-state index is 0.0192. The van der Waals surface area contributed by atoms with Gasteiger partial charge in [0.15, 0.2) is 0 Å². The van der Waals surface area contributed by atoms with Gasteiger partial charge in [0, 0.05) is 19.5 Å². The van der Waals surface area contributed by atoms with Crippen molar-refractivity contribution < 1.29 is 19.4 Å². The number of likely N-dealkylation sites (tertiary alicyclic amines) is 1. The minimum Gasteiger partial charge on any atom is -0.506 e. The maximum absolute atomic E-state index is 12.7. The Morgan fingerprint density at radius 1 is 1.21 bits per heavy atom. The van der Waals surface area contributed by atoms with Crippen molar-refractivity contribution in [2.45, 2.75) is 39.2 Å². The molecule has 1 atom stereocenters. The van der Waals surface area contributed by atoms with Crippen LogP contribution in [0.5, 0.6) is 11.5 Å². The molecule has 3 rings (SSSR count). The van der Waals surface area contributed by atoms with Crippen molar-refractivity contribution in [2.75, 3.05) is 19.0 Å². The van der Waals surface area contributed by atoms with Crippen LogP contribution in [0.1, 0.15) is 38.3 Å². The number of ether oxygens (including phenoxy) is 1. The summed E-state index contributed by atoms with van der Waals surface area (Å²) < 4.78 is 5.15. The molecular weight excluding hydrogens is 368 g/mol. The molecule has 2 amide bonds. The summed E-state index contributed by atoms with van der Waals surface area (Å²) in [6.07, 6.45) is 0.168. The van der Waals surface area contributed by atoms with Crippen LogP contribution in [0.4, 0.5) is 5.69 Å². The lowest BCUT2D eigenvalue weighted by Crippen LogP contribution is -2.28. The van der Waals surface area contributed by atoms with Crippen LogP contribution < -0.4 is 10.1 Å². The highest BCUT2D eigenvalue weighted by molar-refractivity contribution is 5.98. The van der Waals surface area contributed by atoms with Crippen molar-refractivity contribution in [1.29, 1.82) is 0 Å². The Bertz CT molecular complexity index is 900. The number of nitrogens with zero attached hydrogens (tertiary/aromatic N) is 1. The number of amides is 2. The second kappa shape index (κ2) is 8.15. The fourth-order valence-corrected chi connectivity index (χ4v) is 3.39. The van der Waals surface area contributed by atoms with Gasteiger partial charge >= 0.3 is 0 Å².